The summed E-state index contributed by atoms with van der Waals surface area (Å²) >= 11 is 5.39. The lowest BCUT2D eigenvalue weighted by molar-refractivity contribution is -0.909. The van der Waals surface area contributed by atoms with Gasteiger partial charge < -0.3 is 15.5 Å². The Hall–Kier alpha value is -1.13. The van der Waals surface area contributed by atoms with E-state index < -0.39 is 0 Å². The highest BCUT2D eigenvalue weighted by Gasteiger charge is 2.26. The van der Waals surface area contributed by atoms with Gasteiger partial charge in [-0.05, 0) is 56.2 Å². The molecule has 1 aliphatic heterocycles. The number of nitrogens with one attached hydrogen (secondary N) is 3. The third kappa shape index (κ3) is 3.93. The maximum absolute atomic E-state index is 5.39. The lowest BCUT2D eigenvalue weighted by atomic mass is 10.1. The zero-order valence-corrected chi connectivity index (χ0v) is 13.6. The standard InChI is InChI=1S/C16H25N3S/c1-4-19-9-5-6-15(19)11-17-16(20)18-14-8-7-12(2)13(3)10-14/h7-8,10,15H,4-6,9,11H2,1-3H3,(H2,17,18,20)/p+1/t15-/m1/s1. The number of quaternary nitrogens is 1. The summed E-state index contributed by atoms with van der Waals surface area (Å²) < 4.78 is 0. The molecule has 0 aliphatic carbocycles. The molecule has 0 spiro atoms. The topological polar surface area (TPSA) is 28.5 Å². The van der Waals surface area contributed by atoms with Crippen molar-refractivity contribution in [3.05, 3.63) is 29.3 Å². The van der Waals surface area contributed by atoms with E-state index in [-0.39, 0.29) is 0 Å². The van der Waals surface area contributed by atoms with Gasteiger partial charge in [-0.1, -0.05) is 6.07 Å². The van der Waals surface area contributed by atoms with Gasteiger partial charge in [-0.2, -0.15) is 0 Å². The minimum absolute atomic E-state index is 0.708. The number of benzene rings is 1. The molecule has 1 saturated heterocycles. The van der Waals surface area contributed by atoms with Crippen molar-refractivity contribution in [2.24, 2.45) is 0 Å². The molecule has 1 aromatic rings. The fourth-order valence-electron chi connectivity index (χ4n) is 2.91. The molecular formula is C16H26N3S+. The zero-order chi connectivity index (χ0) is 14.5. The van der Waals surface area contributed by atoms with E-state index in [2.05, 4.69) is 49.6 Å². The van der Waals surface area contributed by atoms with Crippen LogP contribution in [0.3, 0.4) is 0 Å². The smallest absolute Gasteiger partial charge is 0.170 e. The first kappa shape index (κ1) is 15.3. The second-order valence-corrected chi connectivity index (χ2v) is 6.14. The maximum Gasteiger partial charge on any atom is 0.170 e. The van der Waals surface area contributed by atoms with Gasteiger partial charge in [-0.3, -0.25) is 0 Å². The van der Waals surface area contributed by atoms with Gasteiger partial charge in [-0.25, -0.2) is 0 Å². The van der Waals surface area contributed by atoms with Gasteiger partial charge in [0.25, 0.3) is 0 Å². The van der Waals surface area contributed by atoms with Crippen LogP contribution in [0.25, 0.3) is 0 Å². The molecule has 0 saturated carbocycles. The molecule has 20 heavy (non-hydrogen) atoms. The van der Waals surface area contributed by atoms with Crippen molar-refractivity contribution in [2.45, 2.75) is 39.7 Å². The van der Waals surface area contributed by atoms with Crippen molar-refractivity contribution in [1.82, 2.24) is 5.32 Å². The summed E-state index contributed by atoms with van der Waals surface area (Å²) in [6, 6.07) is 7.05. The SMILES string of the molecule is CC[NH+]1CCC[C@@H]1CNC(=S)Nc1ccc(C)c(C)c1. The summed E-state index contributed by atoms with van der Waals surface area (Å²) in [7, 11) is 0. The van der Waals surface area contributed by atoms with E-state index >= 15 is 0 Å². The van der Waals surface area contributed by atoms with Crippen LogP contribution in [0.1, 0.15) is 30.9 Å². The second-order valence-electron chi connectivity index (χ2n) is 5.74. The van der Waals surface area contributed by atoms with E-state index in [0.29, 0.717) is 6.04 Å². The fraction of sp³-hybridized carbons (Fsp3) is 0.562. The quantitative estimate of drug-likeness (QED) is 0.737. The largest absolute Gasteiger partial charge is 0.356 e. The van der Waals surface area contributed by atoms with Crippen molar-refractivity contribution in [2.75, 3.05) is 25.0 Å². The van der Waals surface area contributed by atoms with Crippen molar-refractivity contribution in [1.29, 1.82) is 0 Å². The Morgan fingerprint density at radius 3 is 2.85 bits per heavy atom. The molecule has 2 atom stereocenters. The fourth-order valence-corrected chi connectivity index (χ4v) is 3.11. The van der Waals surface area contributed by atoms with E-state index in [0.717, 1.165) is 17.3 Å². The van der Waals surface area contributed by atoms with Gasteiger partial charge in [0.1, 0.15) is 6.04 Å². The van der Waals surface area contributed by atoms with E-state index in [1.165, 1.54) is 37.1 Å². The Kier molecular flexibility index (Phi) is 5.38. The lowest BCUT2D eigenvalue weighted by Crippen LogP contribution is -3.14. The van der Waals surface area contributed by atoms with Crippen LogP contribution in [-0.2, 0) is 0 Å². The van der Waals surface area contributed by atoms with Gasteiger partial charge >= 0.3 is 0 Å². The Balaban J connectivity index is 1.81. The average molecular weight is 292 g/mol. The minimum atomic E-state index is 0.708. The molecule has 0 bridgehead atoms. The summed E-state index contributed by atoms with van der Waals surface area (Å²) in [5.41, 5.74) is 3.66. The Morgan fingerprint density at radius 1 is 1.35 bits per heavy atom. The highest BCUT2D eigenvalue weighted by Crippen LogP contribution is 2.13. The highest BCUT2D eigenvalue weighted by molar-refractivity contribution is 7.80. The van der Waals surface area contributed by atoms with E-state index in [1.54, 1.807) is 4.90 Å². The molecule has 110 valence electrons. The Bertz CT molecular complexity index is 473. The number of rotatable bonds is 4. The van der Waals surface area contributed by atoms with Crippen molar-refractivity contribution in [3.63, 3.8) is 0 Å². The number of hydrogen-bond acceptors (Lipinski definition) is 1. The van der Waals surface area contributed by atoms with Gasteiger partial charge in [-0.15, -0.1) is 0 Å². The van der Waals surface area contributed by atoms with Crippen LogP contribution in [0, 0.1) is 13.8 Å². The van der Waals surface area contributed by atoms with Crippen LogP contribution in [0.2, 0.25) is 0 Å². The molecule has 0 aromatic heterocycles. The van der Waals surface area contributed by atoms with Crippen molar-refractivity contribution < 1.29 is 4.90 Å². The third-order valence-corrected chi connectivity index (χ3v) is 4.60. The molecule has 3 nitrogen and oxygen atoms in total. The van der Waals surface area contributed by atoms with Crippen LogP contribution in [0.15, 0.2) is 18.2 Å². The normalized spacial score (nSPS) is 21.8. The average Bonchev–Trinajstić information content (AvgIpc) is 2.88. The molecule has 3 N–H and O–H groups in total. The molecule has 1 fully saturated rings. The second kappa shape index (κ2) is 7.04. The Morgan fingerprint density at radius 2 is 2.15 bits per heavy atom. The van der Waals surface area contributed by atoms with Crippen LogP contribution in [0.4, 0.5) is 5.69 Å². The highest BCUT2D eigenvalue weighted by atomic mass is 32.1. The molecular weight excluding hydrogens is 266 g/mol. The monoisotopic (exact) mass is 292 g/mol. The zero-order valence-electron chi connectivity index (χ0n) is 12.8. The summed E-state index contributed by atoms with van der Waals surface area (Å²) in [4.78, 5) is 1.70. The van der Waals surface area contributed by atoms with Crippen LogP contribution < -0.4 is 15.5 Å². The number of anilines is 1. The van der Waals surface area contributed by atoms with Crippen molar-refractivity contribution in [3.8, 4) is 0 Å². The Labute approximate surface area is 127 Å². The number of aryl methyl sites for hydroxylation is 2. The molecule has 0 amide bonds. The van der Waals surface area contributed by atoms with Crippen molar-refractivity contribution >= 4 is 23.0 Å². The number of likely N-dealkylation sites (tertiary alicyclic amines) is 1. The molecule has 2 rings (SSSR count). The predicted octanol–water partition coefficient (Wildman–Crippen LogP) is 1.66. The van der Waals surface area contributed by atoms with Gasteiger partial charge in [0.15, 0.2) is 5.11 Å². The van der Waals surface area contributed by atoms with Crippen LogP contribution in [-0.4, -0.2) is 30.8 Å². The molecule has 1 heterocycles. The van der Waals surface area contributed by atoms with Gasteiger partial charge in [0.2, 0.25) is 0 Å². The maximum atomic E-state index is 5.39. The third-order valence-electron chi connectivity index (χ3n) is 4.36. The molecule has 1 aliphatic rings. The molecule has 1 unspecified atom stereocenters. The lowest BCUT2D eigenvalue weighted by Gasteiger charge is -2.21. The molecule has 1 aromatic carbocycles. The summed E-state index contributed by atoms with van der Waals surface area (Å²) in [6.45, 7) is 10.00. The first-order valence-corrected chi connectivity index (χ1v) is 7.97. The predicted molar refractivity (Wildman–Crippen MR) is 89.5 cm³/mol. The van der Waals surface area contributed by atoms with E-state index in [1.807, 2.05) is 0 Å². The number of thiocarbonyl (C=S) groups is 1. The minimum Gasteiger partial charge on any atom is -0.356 e. The van der Waals surface area contributed by atoms with Crippen LogP contribution >= 0.6 is 12.2 Å². The first-order valence-electron chi connectivity index (χ1n) is 7.57. The molecule has 4 heteroatoms. The van der Waals surface area contributed by atoms with Gasteiger partial charge in [0.05, 0.1) is 19.6 Å². The van der Waals surface area contributed by atoms with E-state index in [4.69, 9.17) is 12.2 Å². The first-order chi connectivity index (χ1) is 9.60. The number of likely N-dealkylation sites (N-methyl/N-ethyl adjacent to an activating group) is 1. The summed E-state index contributed by atoms with van der Waals surface area (Å²) in [5.74, 6) is 0. The van der Waals surface area contributed by atoms with E-state index in [9.17, 15) is 0 Å². The number of hydrogen-bond donors (Lipinski definition) is 3. The summed E-state index contributed by atoms with van der Waals surface area (Å²) in [5, 5.41) is 7.38. The van der Waals surface area contributed by atoms with Gasteiger partial charge in [0, 0.05) is 18.5 Å². The van der Waals surface area contributed by atoms with Crippen LogP contribution in [0.5, 0.6) is 0 Å². The molecule has 0 radical (unpaired) electrons. The summed E-state index contributed by atoms with van der Waals surface area (Å²) in [6.07, 6.45) is 2.65.